The van der Waals surface area contributed by atoms with Crippen molar-refractivity contribution >= 4 is 32.2 Å². The monoisotopic (exact) mass is 474 g/mol. The molecule has 1 amide bonds. The number of aromatic nitrogens is 1. The maximum atomic E-state index is 12.8. The summed E-state index contributed by atoms with van der Waals surface area (Å²) in [5.74, 6) is 0.849. The Balaban J connectivity index is 1.59. The summed E-state index contributed by atoms with van der Waals surface area (Å²) in [4.78, 5) is 17.0. The molecule has 1 aliphatic carbocycles. The van der Waals surface area contributed by atoms with E-state index < -0.39 is 9.84 Å². The number of ether oxygens (including phenoxy) is 2. The molecule has 0 aliphatic heterocycles. The van der Waals surface area contributed by atoms with E-state index in [4.69, 9.17) is 9.47 Å². The Bertz CT molecular complexity index is 1190. The normalized spacial score (nSPS) is 18.3. The number of benzene rings is 2. The predicted octanol–water partition coefficient (Wildman–Crippen LogP) is 3.88. The van der Waals surface area contributed by atoms with Crippen molar-refractivity contribution in [3.05, 3.63) is 59.6 Å². The minimum atomic E-state index is -3.31. The van der Waals surface area contributed by atoms with Gasteiger partial charge in [0.05, 0.1) is 11.0 Å². The second kappa shape index (κ2) is 9.27. The quantitative estimate of drug-likeness (QED) is 0.534. The number of anilines is 1. The van der Waals surface area contributed by atoms with Crippen molar-refractivity contribution < 1.29 is 27.8 Å². The van der Waals surface area contributed by atoms with Gasteiger partial charge in [-0.05, 0) is 49.2 Å². The van der Waals surface area contributed by atoms with E-state index in [2.05, 4.69) is 10.3 Å². The number of sulfone groups is 1. The number of hydrogen-bond donors (Lipinski definition) is 2. The van der Waals surface area contributed by atoms with Crippen LogP contribution in [0.4, 0.5) is 5.13 Å². The molecule has 1 aliphatic rings. The molecule has 4 rings (SSSR count). The maximum Gasteiger partial charge on any atom is 0.257 e. The lowest BCUT2D eigenvalue weighted by atomic mass is 10.2. The van der Waals surface area contributed by atoms with E-state index >= 15 is 0 Å². The molecule has 1 heterocycles. The van der Waals surface area contributed by atoms with Gasteiger partial charge in [0.2, 0.25) is 0 Å². The average Bonchev–Trinajstić information content (AvgIpc) is 3.39. The smallest absolute Gasteiger partial charge is 0.257 e. The zero-order valence-electron chi connectivity index (χ0n) is 17.2. The first-order valence-electron chi connectivity index (χ1n) is 9.95. The van der Waals surface area contributed by atoms with Crippen LogP contribution in [0.25, 0.3) is 0 Å². The number of amides is 1. The van der Waals surface area contributed by atoms with Crippen molar-refractivity contribution in [2.45, 2.75) is 36.4 Å². The second-order valence-electron chi connectivity index (χ2n) is 7.54. The average molecular weight is 475 g/mol. The van der Waals surface area contributed by atoms with Gasteiger partial charge in [0.25, 0.3) is 5.91 Å². The Hall–Kier alpha value is -2.95. The molecule has 2 aromatic carbocycles. The largest absolute Gasteiger partial charge is 0.490 e. The van der Waals surface area contributed by atoms with Crippen LogP contribution in [-0.2, 0) is 9.84 Å². The SMILES string of the molecule is CS(=O)(=O)c1ccc(Oc2cc(OC3CCC(O)C3)cc(C(=O)Nc3nccs3)c2)cc1. The van der Waals surface area contributed by atoms with Gasteiger partial charge in [-0.15, -0.1) is 11.3 Å². The first-order valence-corrected chi connectivity index (χ1v) is 12.7. The fraction of sp³-hybridized carbons (Fsp3) is 0.273. The van der Waals surface area contributed by atoms with Crippen molar-refractivity contribution in [2.24, 2.45) is 0 Å². The van der Waals surface area contributed by atoms with E-state index in [1.165, 1.54) is 23.5 Å². The summed E-state index contributed by atoms with van der Waals surface area (Å²) in [7, 11) is -3.31. The number of nitrogens with zero attached hydrogens (tertiary/aromatic N) is 1. The molecule has 1 saturated carbocycles. The van der Waals surface area contributed by atoms with Crippen molar-refractivity contribution in [3.63, 3.8) is 0 Å². The molecule has 0 spiro atoms. The number of rotatable bonds is 7. The van der Waals surface area contributed by atoms with E-state index in [0.717, 1.165) is 12.7 Å². The van der Waals surface area contributed by atoms with Gasteiger partial charge in [-0.3, -0.25) is 10.1 Å². The summed E-state index contributed by atoms with van der Waals surface area (Å²) in [5.41, 5.74) is 0.319. The van der Waals surface area contributed by atoms with Gasteiger partial charge in [-0.25, -0.2) is 13.4 Å². The van der Waals surface area contributed by atoms with Crippen LogP contribution in [0.5, 0.6) is 17.2 Å². The van der Waals surface area contributed by atoms with Crippen LogP contribution in [0.3, 0.4) is 0 Å². The molecule has 1 aromatic heterocycles. The topological polar surface area (TPSA) is 115 Å². The van der Waals surface area contributed by atoms with Crippen molar-refractivity contribution in [1.82, 2.24) is 4.98 Å². The van der Waals surface area contributed by atoms with Crippen LogP contribution >= 0.6 is 11.3 Å². The molecule has 2 atom stereocenters. The third-order valence-corrected chi connectivity index (χ3v) is 6.76. The van der Waals surface area contributed by atoms with Crippen molar-refractivity contribution in [2.75, 3.05) is 11.6 Å². The van der Waals surface area contributed by atoms with Gasteiger partial charge in [0, 0.05) is 35.9 Å². The zero-order valence-corrected chi connectivity index (χ0v) is 18.9. The van der Waals surface area contributed by atoms with Crippen LogP contribution in [-0.4, -0.2) is 42.9 Å². The molecule has 168 valence electrons. The van der Waals surface area contributed by atoms with E-state index in [1.54, 1.807) is 41.9 Å². The number of thiazole rings is 1. The van der Waals surface area contributed by atoms with Gasteiger partial charge in [0.15, 0.2) is 15.0 Å². The Kier molecular flexibility index (Phi) is 6.45. The van der Waals surface area contributed by atoms with Crippen LogP contribution in [0.2, 0.25) is 0 Å². The van der Waals surface area contributed by atoms with Gasteiger partial charge >= 0.3 is 0 Å². The summed E-state index contributed by atoms with van der Waals surface area (Å²) in [6.45, 7) is 0. The van der Waals surface area contributed by atoms with Gasteiger partial charge in [-0.2, -0.15) is 0 Å². The molecule has 1 fully saturated rings. The second-order valence-corrected chi connectivity index (χ2v) is 10.4. The number of nitrogens with one attached hydrogen (secondary N) is 1. The standard InChI is InChI=1S/C22H22N2O6S2/c1-32(27,28)20-6-4-16(5-7-20)29-18-10-14(21(26)24-22-23-8-9-31-22)11-19(13-18)30-17-3-2-15(25)12-17/h4-11,13,15,17,25H,2-3,12H2,1H3,(H,23,24,26). The molecular formula is C22H22N2O6S2. The van der Waals surface area contributed by atoms with Crippen molar-refractivity contribution in [1.29, 1.82) is 0 Å². The summed E-state index contributed by atoms with van der Waals surface area (Å²) in [6, 6.07) is 10.9. The summed E-state index contributed by atoms with van der Waals surface area (Å²) in [6.07, 6.45) is 4.12. The van der Waals surface area contributed by atoms with Gasteiger partial charge in [-0.1, -0.05) is 0 Å². The lowest BCUT2D eigenvalue weighted by molar-refractivity contribution is 0.102. The van der Waals surface area contributed by atoms with Crippen LogP contribution in [0, 0.1) is 0 Å². The minimum Gasteiger partial charge on any atom is -0.490 e. The third-order valence-electron chi connectivity index (χ3n) is 4.94. The fourth-order valence-electron chi connectivity index (χ4n) is 3.39. The van der Waals surface area contributed by atoms with E-state index in [9.17, 15) is 18.3 Å². The Morgan fingerprint density at radius 3 is 2.50 bits per heavy atom. The maximum absolute atomic E-state index is 12.8. The molecule has 3 aromatic rings. The van der Waals surface area contributed by atoms with Crippen LogP contribution < -0.4 is 14.8 Å². The number of aliphatic hydroxyl groups excluding tert-OH is 1. The lowest BCUT2D eigenvalue weighted by Crippen LogP contribution is -2.15. The summed E-state index contributed by atoms with van der Waals surface area (Å²) >= 11 is 1.30. The molecule has 0 radical (unpaired) electrons. The number of carbonyl (C=O) groups excluding carboxylic acids is 1. The van der Waals surface area contributed by atoms with E-state index in [0.29, 0.717) is 40.8 Å². The molecule has 32 heavy (non-hydrogen) atoms. The highest BCUT2D eigenvalue weighted by molar-refractivity contribution is 7.90. The molecular weight excluding hydrogens is 452 g/mol. The Labute approximate surface area is 189 Å². The highest BCUT2D eigenvalue weighted by Crippen LogP contribution is 2.31. The minimum absolute atomic E-state index is 0.149. The molecule has 2 N–H and O–H groups in total. The molecule has 10 heteroatoms. The van der Waals surface area contributed by atoms with E-state index in [1.807, 2.05) is 0 Å². The van der Waals surface area contributed by atoms with Crippen LogP contribution in [0.1, 0.15) is 29.6 Å². The zero-order chi connectivity index (χ0) is 22.7. The molecule has 0 saturated heterocycles. The van der Waals surface area contributed by atoms with Gasteiger partial charge in [0.1, 0.15) is 23.4 Å². The lowest BCUT2D eigenvalue weighted by Gasteiger charge is -2.16. The number of hydrogen-bond acceptors (Lipinski definition) is 8. The predicted molar refractivity (Wildman–Crippen MR) is 120 cm³/mol. The number of carbonyl (C=O) groups is 1. The summed E-state index contributed by atoms with van der Waals surface area (Å²) in [5, 5.41) is 14.7. The molecule has 0 bridgehead atoms. The molecule has 8 nitrogen and oxygen atoms in total. The first kappa shape index (κ1) is 22.3. The van der Waals surface area contributed by atoms with Crippen LogP contribution in [0.15, 0.2) is 58.9 Å². The molecule has 2 unspecified atom stereocenters. The fourth-order valence-corrected chi connectivity index (χ4v) is 4.55. The highest BCUT2D eigenvalue weighted by Gasteiger charge is 2.25. The van der Waals surface area contributed by atoms with Gasteiger partial charge < -0.3 is 14.6 Å². The summed E-state index contributed by atoms with van der Waals surface area (Å²) < 4.78 is 35.2. The third kappa shape index (κ3) is 5.64. The Morgan fingerprint density at radius 1 is 1.12 bits per heavy atom. The van der Waals surface area contributed by atoms with E-state index in [-0.39, 0.29) is 23.0 Å². The first-order chi connectivity index (χ1) is 15.3. The van der Waals surface area contributed by atoms with Crippen molar-refractivity contribution in [3.8, 4) is 17.2 Å². The Morgan fingerprint density at radius 2 is 1.88 bits per heavy atom. The number of aliphatic hydroxyl groups is 1. The highest BCUT2D eigenvalue weighted by atomic mass is 32.2.